The van der Waals surface area contributed by atoms with Gasteiger partial charge in [0.25, 0.3) is 0 Å². The summed E-state index contributed by atoms with van der Waals surface area (Å²) in [4.78, 5) is 11.9. The molecular formula is C15H18N2O. The molecule has 0 spiro atoms. The molecule has 2 bridgehead atoms. The minimum atomic E-state index is -0.0928. The van der Waals surface area contributed by atoms with Crippen molar-refractivity contribution in [3.63, 3.8) is 0 Å². The number of aryl methyl sites for hydroxylation is 1. The number of amides is 2. The number of fused-ring (bicyclic) bond motifs is 2. The van der Waals surface area contributed by atoms with Crippen molar-refractivity contribution in [1.82, 2.24) is 5.32 Å². The average Bonchev–Trinajstić information content (AvgIpc) is 2.94. The molecule has 1 aromatic rings. The molecule has 2 aliphatic carbocycles. The average molecular weight is 242 g/mol. The maximum atomic E-state index is 11.9. The van der Waals surface area contributed by atoms with Gasteiger partial charge in [0.05, 0.1) is 0 Å². The van der Waals surface area contributed by atoms with Crippen molar-refractivity contribution in [3.8, 4) is 0 Å². The minimum Gasteiger partial charge on any atom is -0.335 e. The second-order valence-corrected chi connectivity index (χ2v) is 5.35. The van der Waals surface area contributed by atoms with Gasteiger partial charge in [-0.05, 0) is 43.7 Å². The third-order valence-electron chi connectivity index (χ3n) is 3.90. The summed E-state index contributed by atoms with van der Waals surface area (Å²) in [5, 5.41) is 5.95. The summed E-state index contributed by atoms with van der Waals surface area (Å²) in [6.07, 6.45) is 6.81. The second kappa shape index (κ2) is 4.48. The lowest BCUT2D eigenvalue weighted by Gasteiger charge is -2.20. The molecule has 0 heterocycles. The highest BCUT2D eigenvalue weighted by Gasteiger charge is 2.36. The van der Waals surface area contributed by atoms with Crippen molar-refractivity contribution in [2.75, 3.05) is 5.32 Å². The molecule has 0 saturated heterocycles. The quantitative estimate of drug-likeness (QED) is 0.769. The molecule has 3 heteroatoms. The van der Waals surface area contributed by atoms with Gasteiger partial charge in [-0.15, -0.1) is 0 Å². The van der Waals surface area contributed by atoms with Crippen molar-refractivity contribution in [2.45, 2.75) is 25.8 Å². The molecule has 0 aliphatic heterocycles. The Kier molecular flexibility index (Phi) is 2.82. The SMILES string of the molecule is Cc1ccc(NC(=O)NC2CC3C=CC2C3)cc1. The molecule has 1 fully saturated rings. The molecule has 2 N–H and O–H groups in total. The lowest BCUT2D eigenvalue weighted by atomic mass is 10.0. The highest BCUT2D eigenvalue weighted by Crippen LogP contribution is 2.38. The Morgan fingerprint density at radius 1 is 1.17 bits per heavy atom. The minimum absolute atomic E-state index is 0.0928. The maximum Gasteiger partial charge on any atom is 0.319 e. The normalized spacial score (nSPS) is 28.4. The van der Waals surface area contributed by atoms with Crippen molar-refractivity contribution < 1.29 is 4.79 Å². The van der Waals surface area contributed by atoms with Crippen LogP contribution in [-0.4, -0.2) is 12.1 Å². The topological polar surface area (TPSA) is 41.1 Å². The number of carbonyl (C=O) groups excluding carboxylic acids is 1. The molecule has 1 saturated carbocycles. The van der Waals surface area contributed by atoms with E-state index in [9.17, 15) is 4.79 Å². The van der Waals surface area contributed by atoms with E-state index < -0.39 is 0 Å². The summed E-state index contributed by atoms with van der Waals surface area (Å²) < 4.78 is 0. The van der Waals surface area contributed by atoms with E-state index in [-0.39, 0.29) is 6.03 Å². The number of anilines is 1. The Morgan fingerprint density at radius 3 is 2.56 bits per heavy atom. The molecule has 0 aromatic heterocycles. The second-order valence-electron chi connectivity index (χ2n) is 5.35. The van der Waals surface area contributed by atoms with Gasteiger partial charge in [-0.25, -0.2) is 4.79 Å². The van der Waals surface area contributed by atoms with E-state index in [1.807, 2.05) is 31.2 Å². The monoisotopic (exact) mass is 242 g/mol. The summed E-state index contributed by atoms with van der Waals surface area (Å²) >= 11 is 0. The molecule has 18 heavy (non-hydrogen) atoms. The number of hydrogen-bond donors (Lipinski definition) is 2. The number of nitrogens with one attached hydrogen (secondary N) is 2. The summed E-state index contributed by atoms with van der Waals surface area (Å²) in [6, 6.07) is 8.06. The fourth-order valence-corrected chi connectivity index (χ4v) is 2.92. The van der Waals surface area contributed by atoms with Crippen LogP contribution >= 0.6 is 0 Å². The maximum absolute atomic E-state index is 11.9. The molecule has 3 atom stereocenters. The molecule has 3 nitrogen and oxygen atoms in total. The predicted octanol–water partition coefficient (Wildman–Crippen LogP) is 3.08. The van der Waals surface area contributed by atoms with Crippen LogP contribution in [0.2, 0.25) is 0 Å². The number of benzene rings is 1. The Hall–Kier alpha value is -1.77. The van der Waals surface area contributed by atoms with Gasteiger partial charge in [-0.2, -0.15) is 0 Å². The van der Waals surface area contributed by atoms with Crippen molar-refractivity contribution in [2.24, 2.45) is 11.8 Å². The Labute approximate surface area is 107 Å². The van der Waals surface area contributed by atoms with Gasteiger partial charge in [-0.3, -0.25) is 0 Å². The number of allylic oxidation sites excluding steroid dienone is 1. The van der Waals surface area contributed by atoms with Crippen LogP contribution in [0, 0.1) is 18.8 Å². The fourth-order valence-electron chi connectivity index (χ4n) is 2.92. The number of rotatable bonds is 2. The fraction of sp³-hybridized carbons (Fsp3) is 0.400. The van der Waals surface area contributed by atoms with Gasteiger partial charge < -0.3 is 10.6 Å². The first-order chi connectivity index (χ1) is 8.70. The first kappa shape index (κ1) is 11.3. The largest absolute Gasteiger partial charge is 0.335 e. The van der Waals surface area contributed by atoms with Crippen LogP contribution in [0.15, 0.2) is 36.4 Å². The van der Waals surface area contributed by atoms with Crippen LogP contribution < -0.4 is 10.6 Å². The van der Waals surface area contributed by atoms with Crippen LogP contribution in [0.5, 0.6) is 0 Å². The van der Waals surface area contributed by atoms with E-state index in [4.69, 9.17) is 0 Å². The third-order valence-corrected chi connectivity index (χ3v) is 3.90. The molecule has 2 aliphatic rings. The van der Waals surface area contributed by atoms with E-state index in [0.717, 1.165) is 12.1 Å². The van der Waals surface area contributed by atoms with Gasteiger partial charge in [0, 0.05) is 11.7 Å². The van der Waals surface area contributed by atoms with Crippen molar-refractivity contribution in [1.29, 1.82) is 0 Å². The summed E-state index contributed by atoms with van der Waals surface area (Å²) in [6.45, 7) is 2.03. The molecule has 2 amide bonds. The molecule has 1 aromatic carbocycles. The number of urea groups is 1. The first-order valence-corrected chi connectivity index (χ1v) is 6.53. The van der Waals surface area contributed by atoms with Gasteiger partial charge in [0.1, 0.15) is 0 Å². The van der Waals surface area contributed by atoms with Gasteiger partial charge in [-0.1, -0.05) is 29.8 Å². The first-order valence-electron chi connectivity index (χ1n) is 6.53. The zero-order valence-electron chi connectivity index (χ0n) is 10.5. The highest BCUT2D eigenvalue weighted by atomic mass is 16.2. The zero-order chi connectivity index (χ0) is 12.5. The Morgan fingerprint density at radius 2 is 1.94 bits per heavy atom. The van der Waals surface area contributed by atoms with E-state index in [1.165, 1.54) is 12.0 Å². The standard InChI is InChI=1S/C15H18N2O/c1-10-2-6-13(7-3-10)16-15(18)17-14-9-11-4-5-12(14)8-11/h2-7,11-12,14H,8-9H2,1H3,(H2,16,17,18). The summed E-state index contributed by atoms with van der Waals surface area (Å²) in [5.41, 5.74) is 2.04. The van der Waals surface area contributed by atoms with Crippen LogP contribution in [0.4, 0.5) is 10.5 Å². The van der Waals surface area contributed by atoms with E-state index >= 15 is 0 Å². The lowest BCUT2D eigenvalue weighted by Crippen LogP contribution is -2.40. The van der Waals surface area contributed by atoms with Crippen molar-refractivity contribution >= 4 is 11.7 Å². The molecular weight excluding hydrogens is 224 g/mol. The molecule has 3 rings (SSSR count). The van der Waals surface area contributed by atoms with Gasteiger partial charge >= 0.3 is 6.03 Å². The van der Waals surface area contributed by atoms with Gasteiger partial charge in [0.15, 0.2) is 0 Å². The predicted molar refractivity (Wildman–Crippen MR) is 72.5 cm³/mol. The van der Waals surface area contributed by atoms with E-state index in [2.05, 4.69) is 22.8 Å². The Bertz CT molecular complexity index is 478. The molecule has 94 valence electrons. The highest BCUT2D eigenvalue weighted by molar-refractivity contribution is 5.89. The van der Waals surface area contributed by atoms with Crippen LogP contribution in [0.3, 0.4) is 0 Å². The zero-order valence-corrected chi connectivity index (χ0v) is 10.5. The van der Waals surface area contributed by atoms with Crippen LogP contribution in [0.1, 0.15) is 18.4 Å². The molecule has 0 radical (unpaired) electrons. The Balaban J connectivity index is 1.56. The molecule has 3 unspecified atom stereocenters. The van der Waals surface area contributed by atoms with Gasteiger partial charge in [0.2, 0.25) is 0 Å². The number of hydrogen-bond acceptors (Lipinski definition) is 1. The number of carbonyl (C=O) groups is 1. The smallest absolute Gasteiger partial charge is 0.319 e. The van der Waals surface area contributed by atoms with Crippen molar-refractivity contribution in [3.05, 3.63) is 42.0 Å². The summed E-state index contributed by atoms with van der Waals surface area (Å²) in [7, 11) is 0. The van der Waals surface area contributed by atoms with E-state index in [1.54, 1.807) is 0 Å². The third kappa shape index (κ3) is 2.26. The van der Waals surface area contributed by atoms with Crippen LogP contribution in [-0.2, 0) is 0 Å². The van der Waals surface area contributed by atoms with E-state index in [0.29, 0.717) is 17.9 Å². The lowest BCUT2D eigenvalue weighted by molar-refractivity contribution is 0.246. The van der Waals surface area contributed by atoms with Crippen LogP contribution in [0.25, 0.3) is 0 Å². The summed E-state index contributed by atoms with van der Waals surface area (Å²) in [5.74, 6) is 1.22.